The smallest absolute Gasteiger partial charge is 0.339 e. The number of imide groups is 1. The van der Waals surface area contributed by atoms with Crippen LogP contribution in [0.5, 0.6) is 0 Å². The first-order chi connectivity index (χ1) is 24.3. The molecular weight excluding hydrogens is 748 g/mol. The lowest BCUT2D eigenvalue weighted by Gasteiger charge is -2.17. The number of hydrogen-bond donors (Lipinski definition) is 3. The van der Waals surface area contributed by atoms with E-state index in [1.165, 1.54) is 6.20 Å². The highest BCUT2D eigenvalue weighted by atomic mass is 35.5. The van der Waals surface area contributed by atoms with Gasteiger partial charge in [-0.05, 0) is 60.4 Å². The van der Waals surface area contributed by atoms with E-state index in [4.69, 9.17) is 11.6 Å². The van der Waals surface area contributed by atoms with Gasteiger partial charge in [-0.1, -0.05) is 23.7 Å². The Morgan fingerprint density at radius 3 is 2.10 bits per heavy atom. The quantitative estimate of drug-likeness (QED) is 0.130. The summed E-state index contributed by atoms with van der Waals surface area (Å²) in [6.45, 7) is -0.267. The van der Waals surface area contributed by atoms with Crippen molar-refractivity contribution in [2.75, 3.05) is 27.7 Å². The van der Waals surface area contributed by atoms with Crippen molar-refractivity contribution in [3.8, 4) is 0 Å². The number of nitrogens with zero attached hydrogens (tertiary/aromatic N) is 4. The first-order valence-corrected chi connectivity index (χ1v) is 16.7. The first-order valence-electron chi connectivity index (χ1n) is 14.6. The molecule has 2 aliphatic rings. The second kappa shape index (κ2) is 14.5. The lowest BCUT2D eigenvalue weighted by Crippen LogP contribution is -2.39. The molecule has 0 aliphatic carbocycles. The van der Waals surface area contributed by atoms with E-state index in [2.05, 4.69) is 30.3 Å². The van der Waals surface area contributed by atoms with E-state index in [0.29, 0.717) is 46.7 Å². The number of alkyl halides is 6. The van der Waals surface area contributed by atoms with Gasteiger partial charge in [0.25, 0.3) is 11.8 Å². The maximum absolute atomic E-state index is 13.1. The summed E-state index contributed by atoms with van der Waals surface area (Å²) in [5.41, 5.74) is 3.94. The third-order valence-electron chi connectivity index (χ3n) is 7.29. The zero-order valence-corrected chi connectivity index (χ0v) is 27.5. The van der Waals surface area contributed by atoms with Gasteiger partial charge >= 0.3 is 23.9 Å². The number of pyridine rings is 1. The molecule has 0 spiro atoms. The van der Waals surface area contributed by atoms with Crippen molar-refractivity contribution in [3.63, 3.8) is 0 Å². The molecule has 2 aromatic carbocycles. The monoisotopic (exact) mass is 769 g/mol. The summed E-state index contributed by atoms with van der Waals surface area (Å²) in [6.07, 6.45) is -5.59. The van der Waals surface area contributed by atoms with Crippen molar-refractivity contribution in [2.24, 2.45) is 0 Å². The minimum Gasteiger partial charge on any atom is -0.339 e. The fourth-order valence-corrected chi connectivity index (χ4v) is 6.06. The van der Waals surface area contributed by atoms with Crippen LogP contribution >= 0.6 is 11.6 Å². The molecule has 2 aromatic heterocycles. The van der Waals surface area contributed by atoms with Gasteiger partial charge in [-0.2, -0.15) is 31.3 Å². The maximum atomic E-state index is 13.1. The van der Waals surface area contributed by atoms with Gasteiger partial charge < -0.3 is 10.6 Å². The Morgan fingerprint density at radius 1 is 0.846 bits per heavy atom. The van der Waals surface area contributed by atoms with Crippen molar-refractivity contribution >= 4 is 73.8 Å². The summed E-state index contributed by atoms with van der Waals surface area (Å²) in [4.78, 5) is 58.5. The summed E-state index contributed by atoms with van der Waals surface area (Å²) in [6, 6.07) is 13.5. The lowest BCUT2D eigenvalue weighted by atomic mass is 10.0. The highest BCUT2D eigenvalue weighted by Gasteiger charge is 2.54. The number of carbonyl (C=O) groups excluding carboxylic acids is 4. The van der Waals surface area contributed by atoms with Crippen LogP contribution in [0.15, 0.2) is 67.1 Å². The summed E-state index contributed by atoms with van der Waals surface area (Å²) in [7, 11) is -3.92. The van der Waals surface area contributed by atoms with Gasteiger partial charge in [0.15, 0.2) is 5.82 Å². The molecule has 0 atom stereocenters. The van der Waals surface area contributed by atoms with Gasteiger partial charge in [0.1, 0.15) is 5.02 Å². The number of carbonyl (C=O) groups is 4. The van der Waals surface area contributed by atoms with Gasteiger partial charge in [-0.15, -0.1) is 0 Å². The number of fused-ring (bicyclic) bond motifs is 7. The Morgan fingerprint density at radius 2 is 1.48 bits per heavy atom. The molecule has 0 saturated heterocycles. The van der Waals surface area contributed by atoms with Crippen LogP contribution in [-0.2, 0) is 32.5 Å². The van der Waals surface area contributed by atoms with E-state index >= 15 is 0 Å². The molecule has 272 valence electrons. The van der Waals surface area contributed by atoms with Gasteiger partial charge in [-0.25, -0.2) is 13.4 Å². The number of Topliss-reactive ketones (excluding diaryl/α,β-unsaturated/α-hetero) is 2. The Labute approximate surface area is 294 Å². The average molecular weight is 770 g/mol. The van der Waals surface area contributed by atoms with Crippen molar-refractivity contribution < 1.29 is 53.9 Å². The summed E-state index contributed by atoms with van der Waals surface area (Å²) >= 11 is 6.32. The minimum atomic E-state index is -5.77. The summed E-state index contributed by atoms with van der Waals surface area (Å²) in [5.74, 6) is -7.54. The van der Waals surface area contributed by atoms with Crippen LogP contribution in [0.4, 0.5) is 55.2 Å². The molecule has 0 radical (unpaired) electrons. The number of amides is 2. The summed E-state index contributed by atoms with van der Waals surface area (Å²) < 4.78 is 95.8. The van der Waals surface area contributed by atoms with Crippen LogP contribution in [0.3, 0.4) is 0 Å². The molecule has 2 aliphatic heterocycles. The maximum Gasteiger partial charge on any atom is 0.458 e. The van der Waals surface area contributed by atoms with Crippen LogP contribution in [0, 0.1) is 0 Å². The molecule has 0 saturated carbocycles. The molecule has 2 amide bonds. The number of anilines is 5. The zero-order chi connectivity index (χ0) is 38.0. The number of rotatable bonds is 6. The Bertz CT molecular complexity index is 2140. The number of nitrogens with one attached hydrogen (secondary N) is 3. The SMILES string of the molecule is O=C(C(=O)C(F)(F)F)C(F)(F)F.O=C1c2ccccc2C(=O)N1CCS(=O)(=O)Nc1ccc2cc1CCc1cncc(c1)Nc1ncc(Cl)c(n1)N2. The van der Waals surface area contributed by atoms with E-state index in [-0.39, 0.29) is 17.7 Å². The molecule has 4 aromatic rings. The van der Waals surface area contributed by atoms with Crippen molar-refractivity contribution in [2.45, 2.75) is 25.2 Å². The number of aromatic nitrogens is 3. The predicted octanol–water partition coefficient (Wildman–Crippen LogP) is 5.40. The topological polar surface area (TPSA) is 180 Å². The third-order valence-corrected chi connectivity index (χ3v) is 8.82. The largest absolute Gasteiger partial charge is 0.458 e. The number of sulfonamides is 1. The second-order valence-corrected chi connectivity index (χ2v) is 13.2. The van der Waals surface area contributed by atoms with E-state index < -0.39 is 51.5 Å². The molecule has 0 fully saturated rings. The number of aryl methyl sites for hydroxylation is 2. The van der Waals surface area contributed by atoms with Gasteiger partial charge in [-0.3, -0.25) is 33.8 Å². The molecule has 52 heavy (non-hydrogen) atoms. The fourth-order valence-electron chi connectivity index (χ4n) is 4.86. The number of ketones is 2. The molecular formula is C31H22ClF6N7O6S. The number of halogens is 7. The molecule has 4 heterocycles. The zero-order valence-electron chi connectivity index (χ0n) is 26.0. The van der Waals surface area contributed by atoms with E-state index in [0.717, 1.165) is 16.0 Å². The molecule has 0 unspecified atom stereocenters. The molecule has 13 nitrogen and oxygen atoms in total. The van der Waals surface area contributed by atoms with Crippen molar-refractivity contribution in [1.82, 2.24) is 19.9 Å². The predicted molar refractivity (Wildman–Crippen MR) is 173 cm³/mol. The minimum absolute atomic E-state index is 0.267. The van der Waals surface area contributed by atoms with Crippen molar-refractivity contribution in [3.05, 3.63) is 94.4 Å². The number of benzene rings is 2. The van der Waals surface area contributed by atoms with Crippen LogP contribution in [-0.4, -0.2) is 76.3 Å². The van der Waals surface area contributed by atoms with Gasteiger partial charge in [0.2, 0.25) is 16.0 Å². The molecule has 21 heteroatoms. The Balaban J connectivity index is 0.000000376. The number of hydrogen-bond acceptors (Lipinski definition) is 11. The van der Waals surface area contributed by atoms with E-state index in [1.54, 1.807) is 48.8 Å². The van der Waals surface area contributed by atoms with Crippen molar-refractivity contribution in [1.29, 1.82) is 0 Å². The highest BCUT2D eigenvalue weighted by molar-refractivity contribution is 7.92. The lowest BCUT2D eigenvalue weighted by molar-refractivity contribution is -0.193. The first kappa shape index (κ1) is 37.6. The van der Waals surface area contributed by atoms with Gasteiger partial charge in [0, 0.05) is 18.4 Å². The Hall–Kier alpha value is -5.63. The van der Waals surface area contributed by atoms with E-state index in [1.807, 2.05) is 12.1 Å². The van der Waals surface area contributed by atoms with Crippen LogP contribution in [0.2, 0.25) is 5.02 Å². The highest BCUT2D eigenvalue weighted by Crippen LogP contribution is 2.30. The van der Waals surface area contributed by atoms with Gasteiger partial charge in [0.05, 0.1) is 40.6 Å². The second-order valence-electron chi connectivity index (χ2n) is 11.0. The molecule has 3 N–H and O–H groups in total. The fraction of sp³-hybridized carbons (Fsp3) is 0.194. The van der Waals surface area contributed by atoms with Crippen LogP contribution in [0.25, 0.3) is 0 Å². The third kappa shape index (κ3) is 8.80. The van der Waals surface area contributed by atoms with Crippen LogP contribution < -0.4 is 15.4 Å². The molecule has 6 bridgehead atoms. The molecule has 6 rings (SSSR count). The summed E-state index contributed by atoms with van der Waals surface area (Å²) in [5, 5.41) is 6.60. The Kier molecular flexibility index (Phi) is 10.5. The van der Waals surface area contributed by atoms with Crippen LogP contribution in [0.1, 0.15) is 31.8 Å². The standard InChI is InChI=1S/C27H22ClN7O4S.C4F6O2/c28-22-15-30-27-32-19-11-16(13-29-14-19)5-6-17-12-18(31-24(22)33-27)7-8-23(17)34-40(38,39)10-9-35-25(36)20-3-1-2-4-21(20)26(35)37;5-3(6,7)1(11)2(12)4(8,9)10/h1-4,7-8,11-15,34H,5-6,9-10H2,(H2,30,31,32,33);. The average Bonchev–Trinajstić information content (AvgIpc) is 3.32. The van der Waals surface area contributed by atoms with E-state index in [9.17, 15) is 53.9 Å². The normalized spacial score (nSPS) is 13.9.